The highest BCUT2D eigenvalue weighted by Gasteiger charge is 2.21. The van der Waals surface area contributed by atoms with Crippen LogP contribution in [0, 0.1) is 11.3 Å². The molecule has 0 atom stereocenters. The number of fused-ring (bicyclic) bond motifs is 1. The summed E-state index contributed by atoms with van der Waals surface area (Å²) in [5.41, 5.74) is 0.951. The van der Waals surface area contributed by atoms with Gasteiger partial charge < -0.3 is 9.88 Å². The maximum Gasteiger partial charge on any atom is 0.258 e. The Morgan fingerprint density at radius 1 is 1.12 bits per heavy atom. The van der Waals surface area contributed by atoms with Crippen molar-refractivity contribution in [3.05, 3.63) is 58.5 Å². The zero-order valence-electron chi connectivity index (χ0n) is 14.1. The molecule has 8 heteroatoms. The molecule has 1 aromatic carbocycles. The lowest BCUT2D eigenvalue weighted by Gasteiger charge is -2.35. The summed E-state index contributed by atoms with van der Waals surface area (Å²) in [6.45, 7) is 3.64. The molecular formula is C18H17N7O. The van der Waals surface area contributed by atoms with Gasteiger partial charge in [0.05, 0.1) is 17.4 Å². The number of aromatic nitrogens is 4. The molecule has 1 aliphatic rings. The van der Waals surface area contributed by atoms with Crippen LogP contribution in [0.15, 0.2) is 41.5 Å². The van der Waals surface area contributed by atoms with Crippen molar-refractivity contribution >= 4 is 16.7 Å². The van der Waals surface area contributed by atoms with E-state index in [0.717, 1.165) is 26.2 Å². The molecule has 1 aliphatic heterocycles. The van der Waals surface area contributed by atoms with Crippen LogP contribution in [0.2, 0.25) is 0 Å². The smallest absolute Gasteiger partial charge is 0.258 e. The molecule has 0 bridgehead atoms. The van der Waals surface area contributed by atoms with Crippen molar-refractivity contribution in [2.45, 2.75) is 6.54 Å². The first-order valence-corrected chi connectivity index (χ1v) is 8.41. The molecule has 0 radical (unpaired) electrons. The Morgan fingerprint density at radius 3 is 2.69 bits per heavy atom. The molecule has 0 amide bonds. The van der Waals surface area contributed by atoms with Crippen LogP contribution >= 0.6 is 0 Å². The quantitative estimate of drug-likeness (QED) is 0.751. The third-order valence-electron chi connectivity index (χ3n) is 4.49. The summed E-state index contributed by atoms with van der Waals surface area (Å²) in [5.74, 6) is 1.30. The third-order valence-corrected chi connectivity index (χ3v) is 4.49. The lowest BCUT2D eigenvalue weighted by atomic mass is 10.2. The van der Waals surface area contributed by atoms with Crippen LogP contribution in [-0.4, -0.2) is 51.0 Å². The van der Waals surface area contributed by atoms with Gasteiger partial charge in [0.2, 0.25) is 0 Å². The number of anilines is 1. The van der Waals surface area contributed by atoms with Crippen LogP contribution in [0.4, 0.5) is 5.82 Å². The first kappa shape index (κ1) is 16.2. The maximum absolute atomic E-state index is 12.2. The Kier molecular flexibility index (Phi) is 4.29. The number of aromatic amines is 1. The molecule has 130 valence electrons. The summed E-state index contributed by atoms with van der Waals surface area (Å²) >= 11 is 0. The fraction of sp³-hybridized carbons (Fsp3) is 0.278. The molecule has 3 aromatic rings. The van der Waals surface area contributed by atoms with Crippen molar-refractivity contribution in [3.63, 3.8) is 0 Å². The number of H-pyrrole nitrogens is 1. The van der Waals surface area contributed by atoms with E-state index in [-0.39, 0.29) is 5.56 Å². The predicted octanol–water partition coefficient (Wildman–Crippen LogP) is 0.907. The molecule has 1 N–H and O–H groups in total. The number of nitrogens with one attached hydrogen (secondary N) is 1. The molecular weight excluding hydrogens is 330 g/mol. The minimum atomic E-state index is -0.109. The van der Waals surface area contributed by atoms with Gasteiger partial charge in [0.15, 0.2) is 11.5 Å². The second-order valence-electron chi connectivity index (χ2n) is 6.13. The number of rotatable bonds is 3. The second-order valence-corrected chi connectivity index (χ2v) is 6.13. The molecule has 26 heavy (non-hydrogen) atoms. The summed E-state index contributed by atoms with van der Waals surface area (Å²) < 4.78 is 0. The highest BCUT2D eigenvalue weighted by atomic mass is 16.1. The van der Waals surface area contributed by atoms with Gasteiger partial charge in [-0.3, -0.25) is 9.69 Å². The summed E-state index contributed by atoms with van der Waals surface area (Å²) in [4.78, 5) is 32.3. The Bertz CT molecular complexity index is 1030. The van der Waals surface area contributed by atoms with E-state index in [2.05, 4.69) is 35.8 Å². The van der Waals surface area contributed by atoms with Crippen LogP contribution in [0.25, 0.3) is 10.9 Å². The zero-order valence-corrected chi connectivity index (χ0v) is 14.1. The largest absolute Gasteiger partial charge is 0.352 e. The SMILES string of the molecule is N#Cc1nccnc1N1CCN(Cc2nc3ccccc3c(=O)[nH]2)CC1. The minimum Gasteiger partial charge on any atom is -0.352 e. The van der Waals surface area contributed by atoms with Gasteiger partial charge in [-0.2, -0.15) is 5.26 Å². The molecule has 3 heterocycles. The average molecular weight is 347 g/mol. The first-order chi connectivity index (χ1) is 12.7. The Balaban J connectivity index is 1.46. The molecule has 0 spiro atoms. The molecule has 0 unspecified atom stereocenters. The van der Waals surface area contributed by atoms with Gasteiger partial charge in [-0.15, -0.1) is 0 Å². The van der Waals surface area contributed by atoms with E-state index in [0.29, 0.717) is 34.8 Å². The fourth-order valence-electron chi connectivity index (χ4n) is 3.18. The number of piperazine rings is 1. The number of hydrogen-bond acceptors (Lipinski definition) is 7. The normalized spacial score (nSPS) is 15.1. The van der Waals surface area contributed by atoms with E-state index in [4.69, 9.17) is 0 Å². The van der Waals surface area contributed by atoms with Crippen LogP contribution in [0.1, 0.15) is 11.5 Å². The van der Waals surface area contributed by atoms with E-state index in [9.17, 15) is 10.1 Å². The number of nitrogens with zero attached hydrogens (tertiary/aromatic N) is 6. The molecule has 1 fully saturated rings. The van der Waals surface area contributed by atoms with Gasteiger partial charge in [-0.05, 0) is 12.1 Å². The maximum atomic E-state index is 12.2. The Hall–Kier alpha value is -3.31. The number of hydrogen-bond donors (Lipinski definition) is 1. The van der Waals surface area contributed by atoms with Crippen LogP contribution in [0.5, 0.6) is 0 Å². The average Bonchev–Trinajstić information content (AvgIpc) is 2.69. The van der Waals surface area contributed by atoms with Gasteiger partial charge in [-0.1, -0.05) is 12.1 Å². The summed E-state index contributed by atoms with van der Waals surface area (Å²) in [7, 11) is 0. The molecule has 0 saturated carbocycles. The molecule has 8 nitrogen and oxygen atoms in total. The van der Waals surface area contributed by atoms with Crippen molar-refractivity contribution in [1.29, 1.82) is 5.26 Å². The number of para-hydroxylation sites is 1. The fourth-order valence-corrected chi connectivity index (χ4v) is 3.18. The highest BCUT2D eigenvalue weighted by molar-refractivity contribution is 5.77. The van der Waals surface area contributed by atoms with Crippen LogP contribution in [0.3, 0.4) is 0 Å². The molecule has 1 saturated heterocycles. The van der Waals surface area contributed by atoms with E-state index in [1.165, 1.54) is 6.20 Å². The van der Waals surface area contributed by atoms with E-state index >= 15 is 0 Å². The summed E-state index contributed by atoms with van der Waals surface area (Å²) in [5, 5.41) is 9.78. The lowest BCUT2D eigenvalue weighted by Crippen LogP contribution is -2.46. The lowest BCUT2D eigenvalue weighted by molar-refractivity contribution is 0.243. The van der Waals surface area contributed by atoms with E-state index < -0.39 is 0 Å². The molecule has 0 aliphatic carbocycles. The van der Waals surface area contributed by atoms with Gasteiger partial charge in [0.25, 0.3) is 5.56 Å². The van der Waals surface area contributed by atoms with Gasteiger partial charge >= 0.3 is 0 Å². The van der Waals surface area contributed by atoms with Gasteiger partial charge in [0.1, 0.15) is 11.9 Å². The first-order valence-electron chi connectivity index (χ1n) is 8.41. The highest BCUT2D eigenvalue weighted by Crippen LogP contribution is 2.17. The minimum absolute atomic E-state index is 0.109. The molecule has 2 aromatic heterocycles. The number of benzene rings is 1. The van der Waals surface area contributed by atoms with Crippen molar-refractivity contribution in [2.75, 3.05) is 31.1 Å². The third kappa shape index (κ3) is 3.12. The summed E-state index contributed by atoms with van der Waals surface area (Å²) in [6, 6.07) is 9.43. The van der Waals surface area contributed by atoms with Gasteiger partial charge in [0, 0.05) is 38.6 Å². The van der Waals surface area contributed by atoms with Gasteiger partial charge in [-0.25, -0.2) is 15.0 Å². The van der Waals surface area contributed by atoms with Crippen LogP contribution in [-0.2, 0) is 6.54 Å². The monoisotopic (exact) mass is 347 g/mol. The van der Waals surface area contributed by atoms with Crippen molar-refractivity contribution in [2.24, 2.45) is 0 Å². The Morgan fingerprint density at radius 2 is 1.88 bits per heavy atom. The van der Waals surface area contributed by atoms with E-state index in [1.54, 1.807) is 12.3 Å². The van der Waals surface area contributed by atoms with Crippen molar-refractivity contribution in [3.8, 4) is 6.07 Å². The van der Waals surface area contributed by atoms with Crippen LogP contribution < -0.4 is 10.5 Å². The van der Waals surface area contributed by atoms with Crippen molar-refractivity contribution < 1.29 is 0 Å². The summed E-state index contributed by atoms with van der Waals surface area (Å²) in [6.07, 6.45) is 3.13. The second kappa shape index (κ2) is 6.90. The molecule has 4 rings (SSSR count). The predicted molar refractivity (Wildman–Crippen MR) is 96.6 cm³/mol. The van der Waals surface area contributed by atoms with E-state index in [1.807, 2.05) is 18.2 Å². The van der Waals surface area contributed by atoms with Crippen molar-refractivity contribution in [1.82, 2.24) is 24.8 Å². The Labute approximate surface area is 149 Å². The number of nitriles is 1. The standard InChI is InChI=1S/C18H17N7O/c19-11-15-17(21-6-5-20-15)25-9-7-24(8-10-25)12-16-22-14-4-2-1-3-13(14)18(26)23-16/h1-6H,7-10,12H2,(H,22,23,26). The zero-order chi connectivity index (χ0) is 17.9. The topological polar surface area (TPSA) is 102 Å².